The number of hydrogen-bond acceptors (Lipinski definition) is 3. The summed E-state index contributed by atoms with van der Waals surface area (Å²) in [6.07, 6.45) is 4.85. The summed E-state index contributed by atoms with van der Waals surface area (Å²) in [5.41, 5.74) is 0.987. The van der Waals surface area contributed by atoms with Crippen LogP contribution in [-0.4, -0.2) is 20.4 Å². The molecule has 2 aromatic rings. The van der Waals surface area contributed by atoms with Gasteiger partial charge < -0.3 is 5.32 Å². The monoisotopic (exact) mass is 370 g/mol. The lowest BCUT2D eigenvalue weighted by atomic mass is 9.95. The quantitative estimate of drug-likeness (QED) is 0.847. The van der Waals surface area contributed by atoms with E-state index < -0.39 is 10.0 Å². The molecule has 6 heteroatoms. The zero-order valence-corrected chi connectivity index (χ0v) is 15.2. The van der Waals surface area contributed by atoms with Gasteiger partial charge in [-0.15, -0.1) is 0 Å². The van der Waals surface area contributed by atoms with Crippen LogP contribution < -0.4 is 10.0 Å². The van der Waals surface area contributed by atoms with Crippen LogP contribution in [0.2, 0.25) is 0 Å². The van der Waals surface area contributed by atoms with Crippen LogP contribution in [0.25, 0.3) is 0 Å². The van der Waals surface area contributed by atoms with Gasteiger partial charge in [0.2, 0.25) is 0 Å². The maximum Gasteiger partial charge on any atom is 0.261 e. The minimum absolute atomic E-state index is 0.0833. The van der Waals surface area contributed by atoms with Crippen LogP contribution in [0.4, 0.5) is 5.69 Å². The normalized spacial score (nSPS) is 24.4. The van der Waals surface area contributed by atoms with Crippen LogP contribution in [0.15, 0.2) is 59.5 Å². The highest BCUT2D eigenvalue weighted by atomic mass is 32.2. The summed E-state index contributed by atoms with van der Waals surface area (Å²) in [5, 5.41) is 3.14. The van der Waals surface area contributed by atoms with E-state index in [4.69, 9.17) is 0 Å². The number of fused-ring (bicyclic) bond motifs is 2. The molecule has 2 bridgehead atoms. The highest BCUT2D eigenvalue weighted by Gasteiger charge is 2.40. The summed E-state index contributed by atoms with van der Waals surface area (Å²) in [5.74, 6) is 1.32. The Morgan fingerprint density at radius 3 is 2.27 bits per heavy atom. The molecule has 0 heterocycles. The molecule has 0 aromatic heterocycles. The molecule has 0 saturated heterocycles. The van der Waals surface area contributed by atoms with Crippen molar-refractivity contribution in [3.63, 3.8) is 0 Å². The third-order valence-electron chi connectivity index (χ3n) is 5.51. The van der Waals surface area contributed by atoms with E-state index in [1.165, 1.54) is 19.3 Å². The maximum absolute atomic E-state index is 12.4. The molecule has 2 saturated carbocycles. The summed E-state index contributed by atoms with van der Waals surface area (Å²) in [6.45, 7) is 0. The third kappa shape index (κ3) is 3.46. The average Bonchev–Trinajstić information content (AvgIpc) is 3.26. The average molecular weight is 370 g/mol. The first-order valence-corrected chi connectivity index (χ1v) is 10.5. The van der Waals surface area contributed by atoms with E-state index in [1.807, 2.05) is 0 Å². The van der Waals surface area contributed by atoms with Gasteiger partial charge >= 0.3 is 0 Å². The van der Waals surface area contributed by atoms with Gasteiger partial charge in [0.15, 0.2) is 0 Å². The Morgan fingerprint density at radius 2 is 1.65 bits per heavy atom. The standard InChI is InChI=1S/C20H22N2O3S/c23-20(21-19-13-14-6-7-16(19)12-14)15-8-10-17(11-9-15)22-26(24,25)18-4-2-1-3-5-18/h1-5,8-11,14,16,19,22H,6-7,12-13H2,(H,21,23). The van der Waals surface area contributed by atoms with E-state index in [9.17, 15) is 13.2 Å². The van der Waals surface area contributed by atoms with E-state index in [1.54, 1.807) is 54.6 Å². The van der Waals surface area contributed by atoms with Crippen molar-refractivity contribution in [2.24, 2.45) is 11.8 Å². The second-order valence-corrected chi connectivity index (χ2v) is 8.93. The Hall–Kier alpha value is -2.34. The molecular weight excluding hydrogens is 348 g/mol. The second-order valence-electron chi connectivity index (χ2n) is 7.25. The molecule has 1 amide bonds. The van der Waals surface area contributed by atoms with Crippen molar-refractivity contribution in [3.8, 4) is 0 Å². The van der Waals surface area contributed by atoms with E-state index >= 15 is 0 Å². The Kier molecular flexibility index (Phi) is 4.44. The van der Waals surface area contributed by atoms with Gasteiger partial charge in [0.1, 0.15) is 0 Å². The minimum Gasteiger partial charge on any atom is -0.349 e. The van der Waals surface area contributed by atoms with Crippen LogP contribution in [0.5, 0.6) is 0 Å². The van der Waals surface area contributed by atoms with Gasteiger partial charge in [-0.2, -0.15) is 0 Å². The van der Waals surface area contributed by atoms with Gasteiger partial charge in [0, 0.05) is 17.3 Å². The number of carbonyl (C=O) groups is 1. The molecule has 2 fully saturated rings. The number of hydrogen-bond donors (Lipinski definition) is 2. The molecule has 0 spiro atoms. The first kappa shape index (κ1) is 17.1. The van der Waals surface area contributed by atoms with E-state index in [2.05, 4.69) is 10.0 Å². The topological polar surface area (TPSA) is 75.3 Å². The molecule has 2 N–H and O–H groups in total. The van der Waals surface area contributed by atoms with Gasteiger partial charge in [0.25, 0.3) is 15.9 Å². The van der Waals surface area contributed by atoms with Crippen LogP contribution in [-0.2, 0) is 10.0 Å². The number of nitrogens with one attached hydrogen (secondary N) is 2. The van der Waals surface area contributed by atoms with Crippen LogP contribution in [0, 0.1) is 11.8 Å². The van der Waals surface area contributed by atoms with Gasteiger partial charge in [-0.3, -0.25) is 9.52 Å². The summed E-state index contributed by atoms with van der Waals surface area (Å²) in [7, 11) is -3.62. The lowest BCUT2D eigenvalue weighted by Crippen LogP contribution is -2.38. The Balaban J connectivity index is 1.41. The lowest BCUT2D eigenvalue weighted by molar-refractivity contribution is 0.0923. The molecule has 4 rings (SSSR count). The molecule has 136 valence electrons. The number of sulfonamides is 1. The van der Waals surface area contributed by atoms with Crippen molar-refractivity contribution in [2.45, 2.75) is 36.6 Å². The van der Waals surface area contributed by atoms with Crippen LogP contribution in [0.1, 0.15) is 36.0 Å². The maximum atomic E-state index is 12.4. The van der Waals surface area contributed by atoms with Gasteiger partial charge in [-0.25, -0.2) is 8.42 Å². The molecule has 0 radical (unpaired) electrons. The van der Waals surface area contributed by atoms with Crippen LogP contribution in [0.3, 0.4) is 0 Å². The lowest BCUT2D eigenvalue weighted by Gasteiger charge is -2.22. The van der Waals surface area contributed by atoms with Gasteiger partial charge in [-0.1, -0.05) is 24.6 Å². The minimum atomic E-state index is -3.62. The fraction of sp³-hybridized carbons (Fsp3) is 0.350. The molecule has 2 aliphatic rings. The van der Waals surface area contributed by atoms with Crippen molar-refractivity contribution < 1.29 is 13.2 Å². The number of rotatable bonds is 5. The Labute approximate surface area is 153 Å². The molecule has 26 heavy (non-hydrogen) atoms. The molecular formula is C20H22N2O3S. The highest BCUT2D eigenvalue weighted by molar-refractivity contribution is 7.92. The zero-order chi connectivity index (χ0) is 18.1. The van der Waals surface area contributed by atoms with Crippen molar-refractivity contribution >= 4 is 21.6 Å². The largest absolute Gasteiger partial charge is 0.349 e. The van der Waals surface area contributed by atoms with Gasteiger partial charge in [0.05, 0.1) is 4.90 Å². The summed E-state index contributed by atoms with van der Waals surface area (Å²) < 4.78 is 27.2. The molecule has 0 aliphatic heterocycles. The number of carbonyl (C=O) groups excluding carboxylic acids is 1. The summed E-state index contributed by atoms with van der Waals surface area (Å²) >= 11 is 0. The van der Waals surface area contributed by atoms with Crippen molar-refractivity contribution in [3.05, 3.63) is 60.2 Å². The first-order chi connectivity index (χ1) is 12.5. The first-order valence-electron chi connectivity index (χ1n) is 9.00. The number of benzene rings is 2. The Morgan fingerprint density at radius 1 is 0.923 bits per heavy atom. The molecule has 2 aliphatic carbocycles. The smallest absolute Gasteiger partial charge is 0.261 e. The summed E-state index contributed by atoms with van der Waals surface area (Å²) in [4.78, 5) is 12.7. The van der Waals surface area contributed by atoms with Crippen LogP contribution >= 0.6 is 0 Å². The van der Waals surface area contributed by atoms with Crippen molar-refractivity contribution in [2.75, 3.05) is 4.72 Å². The number of amides is 1. The van der Waals surface area contributed by atoms with Crippen molar-refractivity contribution in [1.82, 2.24) is 5.32 Å². The fourth-order valence-corrected chi connectivity index (χ4v) is 5.26. The van der Waals surface area contributed by atoms with E-state index in [0.717, 1.165) is 12.3 Å². The molecule has 5 nitrogen and oxygen atoms in total. The van der Waals surface area contributed by atoms with Gasteiger partial charge in [-0.05, 0) is 67.5 Å². The molecule has 3 unspecified atom stereocenters. The highest BCUT2D eigenvalue weighted by Crippen LogP contribution is 2.44. The molecule has 3 atom stereocenters. The zero-order valence-electron chi connectivity index (χ0n) is 14.4. The van der Waals surface area contributed by atoms with Crippen molar-refractivity contribution in [1.29, 1.82) is 0 Å². The predicted molar refractivity (Wildman–Crippen MR) is 100 cm³/mol. The number of anilines is 1. The SMILES string of the molecule is O=C(NC1CC2CCC1C2)c1ccc(NS(=O)(=O)c2ccccc2)cc1. The third-order valence-corrected chi connectivity index (χ3v) is 6.90. The summed E-state index contributed by atoms with van der Waals surface area (Å²) in [6, 6.07) is 15.1. The van der Waals surface area contributed by atoms with E-state index in [-0.39, 0.29) is 16.8 Å². The molecule has 2 aromatic carbocycles. The second kappa shape index (κ2) is 6.76. The predicted octanol–water partition coefficient (Wildman–Crippen LogP) is 3.41. The van der Waals surface area contributed by atoms with E-state index in [0.29, 0.717) is 17.2 Å². The fourth-order valence-electron chi connectivity index (χ4n) is 4.18. The Bertz CT molecular complexity index is 894.